The van der Waals surface area contributed by atoms with Gasteiger partial charge in [0.1, 0.15) is 10.0 Å². The first-order chi connectivity index (χ1) is 9.42. The summed E-state index contributed by atoms with van der Waals surface area (Å²) >= 11 is 1.14. The Bertz CT molecular complexity index is 711. The lowest BCUT2D eigenvalue weighted by atomic mass is 10.2. The third-order valence-electron chi connectivity index (χ3n) is 2.66. The van der Waals surface area contributed by atoms with Crippen LogP contribution < -0.4 is 10.5 Å². The van der Waals surface area contributed by atoms with Crippen LogP contribution in [-0.2, 0) is 16.4 Å². The Balaban J connectivity index is 2.26. The molecule has 0 unspecified atom stereocenters. The molecule has 7 heteroatoms. The summed E-state index contributed by atoms with van der Waals surface area (Å²) in [4.78, 5) is 0.886. The minimum atomic E-state index is -3.76. The molecule has 0 saturated heterocycles. The van der Waals surface area contributed by atoms with Gasteiger partial charge in [-0.15, -0.1) is 11.3 Å². The summed E-state index contributed by atoms with van der Waals surface area (Å²) in [6.45, 7) is 2.19. The largest absolute Gasteiger partial charge is 0.330 e. The molecule has 0 aliphatic heterocycles. The van der Waals surface area contributed by atoms with Gasteiger partial charge in [0.25, 0.3) is 10.0 Å². The molecule has 20 heavy (non-hydrogen) atoms. The van der Waals surface area contributed by atoms with Crippen LogP contribution in [0.2, 0.25) is 0 Å². The summed E-state index contributed by atoms with van der Waals surface area (Å²) < 4.78 is 40.4. The molecule has 2 aromatic rings. The molecule has 0 aliphatic carbocycles. The molecule has 3 N–H and O–H groups in total. The van der Waals surface area contributed by atoms with Crippen LogP contribution in [0.3, 0.4) is 0 Å². The van der Waals surface area contributed by atoms with E-state index in [1.54, 1.807) is 19.1 Å². The second-order valence-electron chi connectivity index (χ2n) is 4.35. The zero-order valence-corrected chi connectivity index (χ0v) is 12.5. The third-order valence-corrected chi connectivity index (χ3v) is 5.66. The number of halogens is 1. The number of nitrogens with one attached hydrogen (secondary N) is 1. The maximum atomic E-state index is 13.7. The molecular weight excluding hydrogens is 299 g/mol. The lowest BCUT2D eigenvalue weighted by molar-refractivity contribution is 0.600. The number of nitrogens with two attached hydrogens (primary N) is 1. The van der Waals surface area contributed by atoms with Crippen molar-refractivity contribution in [2.75, 3.05) is 11.3 Å². The predicted octanol–water partition coefficient (Wildman–Crippen LogP) is 2.50. The van der Waals surface area contributed by atoms with Crippen LogP contribution in [0.25, 0.3) is 0 Å². The number of thiophene rings is 1. The Labute approximate surface area is 121 Å². The van der Waals surface area contributed by atoms with E-state index in [1.165, 1.54) is 18.2 Å². The van der Waals surface area contributed by atoms with E-state index in [-0.39, 0.29) is 9.90 Å². The number of aryl methyl sites for hydroxylation is 1. The van der Waals surface area contributed by atoms with E-state index in [9.17, 15) is 12.8 Å². The third kappa shape index (κ3) is 3.36. The highest BCUT2D eigenvalue weighted by Gasteiger charge is 2.18. The van der Waals surface area contributed by atoms with Crippen LogP contribution >= 0.6 is 11.3 Å². The predicted molar refractivity (Wildman–Crippen MR) is 79.0 cm³/mol. The second kappa shape index (κ2) is 5.90. The van der Waals surface area contributed by atoms with E-state index in [1.807, 2.05) is 0 Å². The van der Waals surface area contributed by atoms with E-state index in [4.69, 9.17) is 5.73 Å². The number of hydrogen-bond acceptors (Lipinski definition) is 4. The van der Waals surface area contributed by atoms with Crippen LogP contribution in [0.15, 0.2) is 34.5 Å². The molecule has 1 aromatic carbocycles. The van der Waals surface area contributed by atoms with Crippen molar-refractivity contribution in [2.45, 2.75) is 17.6 Å². The quantitative estimate of drug-likeness (QED) is 0.890. The van der Waals surface area contributed by atoms with E-state index in [0.717, 1.165) is 21.8 Å². The summed E-state index contributed by atoms with van der Waals surface area (Å²) in [5.41, 5.74) is 6.11. The lowest BCUT2D eigenvalue weighted by Crippen LogP contribution is -2.12. The van der Waals surface area contributed by atoms with Crippen molar-refractivity contribution in [3.05, 3.63) is 46.6 Å². The van der Waals surface area contributed by atoms with Gasteiger partial charge in [0.05, 0.1) is 5.69 Å². The molecule has 0 spiro atoms. The SMILES string of the molecule is Cc1ccc(NS(=O)(=O)c2ccc(CCN)s2)c(F)c1. The van der Waals surface area contributed by atoms with Crippen LogP contribution in [-0.4, -0.2) is 15.0 Å². The maximum Gasteiger partial charge on any atom is 0.271 e. The smallest absolute Gasteiger partial charge is 0.271 e. The van der Waals surface area contributed by atoms with Gasteiger partial charge in [-0.3, -0.25) is 4.72 Å². The monoisotopic (exact) mass is 314 g/mol. The van der Waals surface area contributed by atoms with Gasteiger partial charge in [-0.25, -0.2) is 12.8 Å². The van der Waals surface area contributed by atoms with Crippen molar-refractivity contribution < 1.29 is 12.8 Å². The Morgan fingerprint density at radius 3 is 2.70 bits per heavy atom. The number of hydrogen-bond donors (Lipinski definition) is 2. The van der Waals surface area contributed by atoms with Crippen LogP contribution in [0, 0.1) is 12.7 Å². The van der Waals surface area contributed by atoms with Crippen molar-refractivity contribution in [2.24, 2.45) is 5.73 Å². The Morgan fingerprint density at radius 2 is 2.05 bits per heavy atom. The normalized spacial score (nSPS) is 11.6. The molecule has 0 atom stereocenters. The van der Waals surface area contributed by atoms with Gasteiger partial charge in [-0.1, -0.05) is 6.07 Å². The molecule has 4 nitrogen and oxygen atoms in total. The van der Waals surface area contributed by atoms with Crippen molar-refractivity contribution >= 4 is 27.0 Å². The molecular formula is C13H15FN2O2S2. The van der Waals surface area contributed by atoms with Gasteiger partial charge >= 0.3 is 0 Å². The van der Waals surface area contributed by atoms with E-state index in [2.05, 4.69) is 4.72 Å². The zero-order chi connectivity index (χ0) is 14.8. The molecule has 0 radical (unpaired) electrons. The first kappa shape index (κ1) is 15.0. The van der Waals surface area contributed by atoms with Crippen molar-refractivity contribution in [1.82, 2.24) is 0 Å². The highest BCUT2D eigenvalue weighted by molar-refractivity contribution is 7.94. The van der Waals surface area contributed by atoms with Crippen LogP contribution in [0.4, 0.5) is 10.1 Å². The molecule has 0 saturated carbocycles. The van der Waals surface area contributed by atoms with Crippen molar-refractivity contribution in [1.29, 1.82) is 0 Å². The summed E-state index contributed by atoms with van der Waals surface area (Å²) in [6, 6.07) is 7.57. The summed E-state index contributed by atoms with van der Waals surface area (Å²) in [7, 11) is -3.76. The average molecular weight is 314 g/mol. The minimum absolute atomic E-state index is 0.0515. The van der Waals surface area contributed by atoms with E-state index < -0.39 is 15.8 Å². The summed E-state index contributed by atoms with van der Waals surface area (Å²) in [5.74, 6) is -0.590. The fourth-order valence-corrected chi connectivity index (χ4v) is 4.12. The molecule has 0 fully saturated rings. The number of rotatable bonds is 5. The fraction of sp³-hybridized carbons (Fsp3) is 0.231. The topological polar surface area (TPSA) is 72.2 Å². The van der Waals surface area contributed by atoms with Gasteiger partial charge in [0, 0.05) is 4.88 Å². The lowest BCUT2D eigenvalue weighted by Gasteiger charge is -2.07. The summed E-state index contributed by atoms with van der Waals surface area (Å²) in [6.07, 6.45) is 0.624. The van der Waals surface area contributed by atoms with Gasteiger partial charge in [0.15, 0.2) is 0 Å². The van der Waals surface area contributed by atoms with Gasteiger partial charge in [0.2, 0.25) is 0 Å². The maximum absolute atomic E-state index is 13.7. The number of sulfonamides is 1. The standard InChI is InChI=1S/C13H15FN2O2S2/c1-9-2-4-12(11(14)8-9)16-20(17,18)13-5-3-10(19-13)6-7-15/h2-5,8,16H,6-7,15H2,1H3. The molecule has 0 bridgehead atoms. The number of benzene rings is 1. The zero-order valence-electron chi connectivity index (χ0n) is 10.9. The second-order valence-corrected chi connectivity index (χ2v) is 7.43. The first-order valence-corrected chi connectivity index (χ1v) is 8.30. The Hall–Kier alpha value is -1.44. The Kier molecular flexibility index (Phi) is 4.42. The Morgan fingerprint density at radius 1 is 1.30 bits per heavy atom. The van der Waals surface area contributed by atoms with Crippen molar-refractivity contribution in [3.63, 3.8) is 0 Å². The highest BCUT2D eigenvalue weighted by atomic mass is 32.2. The molecule has 0 aliphatic rings. The summed E-state index contributed by atoms with van der Waals surface area (Å²) in [5, 5.41) is 0. The fourth-order valence-electron chi connectivity index (χ4n) is 1.68. The molecule has 1 heterocycles. The average Bonchev–Trinajstić information content (AvgIpc) is 2.83. The van der Waals surface area contributed by atoms with Gasteiger partial charge < -0.3 is 5.73 Å². The first-order valence-electron chi connectivity index (χ1n) is 6.00. The molecule has 0 amide bonds. The van der Waals surface area contributed by atoms with Crippen molar-refractivity contribution in [3.8, 4) is 0 Å². The van der Waals surface area contributed by atoms with Crippen LogP contribution in [0.1, 0.15) is 10.4 Å². The molecule has 108 valence electrons. The van der Waals surface area contributed by atoms with Gasteiger partial charge in [-0.05, 0) is 49.7 Å². The molecule has 2 rings (SSSR count). The van der Waals surface area contributed by atoms with Crippen LogP contribution in [0.5, 0.6) is 0 Å². The minimum Gasteiger partial charge on any atom is -0.330 e. The highest BCUT2D eigenvalue weighted by Crippen LogP contribution is 2.25. The molecule has 1 aromatic heterocycles. The van der Waals surface area contributed by atoms with E-state index in [0.29, 0.717) is 13.0 Å². The van der Waals surface area contributed by atoms with E-state index >= 15 is 0 Å². The number of anilines is 1. The van der Waals surface area contributed by atoms with Gasteiger partial charge in [-0.2, -0.15) is 0 Å².